The second-order valence-corrected chi connectivity index (χ2v) is 9.88. The van der Waals surface area contributed by atoms with Crippen LogP contribution in [0.4, 0.5) is 10.5 Å². The molecule has 26 heavy (non-hydrogen) atoms. The van der Waals surface area contributed by atoms with Crippen molar-refractivity contribution < 1.29 is 9.00 Å². The largest absolute Gasteiger partial charge is 0.322 e. The van der Waals surface area contributed by atoms with Gasteiger partial charge in [-0.15, -0.1) is 0 Å². The molecule has 0 unspecified atom stereocenters. The quantitative estimate of drug-likeness (QED) is 0.874. The number of hydrogen-bond acceptors (Lipinski definition) is 2. The third-order valence-corrected chi connectivity index (χ3v) is 6.54. The average Bonchev–Trinajstić information content (AvgIpc) is 2.60. The summed E-state index contributed by atoms with van der Waals surface area (Å²) in [6.45, 7) is 7.28. The average molecular weight is 371 g/mol. The molecule has 1 aliphatic heterocycles. The Morgan fingerprint density at radius 3 is 2.58 bits per heavy atom. The highest BCUT2D eigenvalue weighted by atomic mass is 32.2. The number of amides is 2. The van der Waals surface area contributed by atoms with Crippen LogP contribution in [0, 0.1) is 0 Å². The minimum Gasteiger partial charge on any atom is -0.320 e. The fourth-order valence-corrected chi connectivity index (χ4v) is 3.89. The van der Waals surface area contributed by atoms with Gasteiger partial charge in [-0.2, -0.15) is 0 Å². The summed E-state index contributed by atoms with van der Waals surface area (Å²) in [7, 11) is -0.962. The number of carbonyl (C=O) groups excluding carboxylic acids is 1. The van der Waals surface area contributed by atoms with E-state index >= 15 is 0 Å². The van der Waals surface area contributed by atoms with Crippen molar-refractivity contribution in [3.05, 3.63) is 65.2 Å². The van der Waals surface area contributed by atoms with Gasteiger partial charge in [0, 0.05) is 40.1 Å². The van der Waals surface area contributed by atoms with Crippen molar-refractivity contribution in [2.24, 2.45) is 0 Å². The SMILES string of the molecule is CC(C)(C)[S@@](=O)Cc1cccc(NC(=O)N2CCc3ccccc3C2)c1. The number of fused-ring (bicyclic) bond motifs is 1. The van der Waals surface area contributed by atoms with Gasteiger partial charge in [-0.05, 0) is 56.0 Å². The second-order valence-electron chi connectivity index (χ2n) is 7.67. The number of carbonyl (C=O) groups is 1. The van der Waals surface area contributed by atoms with E-state index in [4.69, 9.17) is 0 Å². The van der Waals surface area contributed by atoms with Crippen molar-refractivity contribution in [3.63, 3.8) is 0 Å². The van der Waals surface area contributed by atoms with E-state index in [9.17, 15) is 9.00 Å². The maximum absolute atomic E-state index is 12.6. The fourth-order valence-electron chi connectivity index (χ4n) is 2.98. The number of nitrogens with one attached hydrogen (secondary N) is 1. The highest BCUT2D eigenvalue weighted by Crippen LogP contribution is 2.21. The van der Waals surface area contributed by atoms with E-state index in [1.165, 1.54) is 11.1 Å². The van der Waals surface area contributed by atoms with Crippen molar-refractivity contribution in [2.75, 3.05) is 11.9 Å². The van der Waals surface area contributed by atoms with E-state index in [0.717, 1.165) is 24.2 Å². The Bertz CT molecular complexity index is 827. The summed E-state index contributed by atoms with van der Waals surface area (Å²) in [5.74, 6) is 0.490. The molecule has 5 heteroatoms. The molecule has 1 heterocycles. The summed E-state index contributed by atoms with van der Waals surface area (Å²) < 4.78 is 12.1. The Morgan fingerprint density at radius 2 is 1.85 bits per heavy atom. The van der Waals surface area contributed by atoms with Gasteiger partial charge in [0.05, 0.1) is 0 Å². The molecule has 0 spiro atoms. The van der Waals surface area contributed by atoms with Crippen LogP contribution in [0.3, 0.4) is 0 Å². The van der Waals surface area contributed by atoms with Crippen LogP contribution in [0.5, 0.6) is 0 Å². The van der Waals surface area contributed by atoms with Crippen LogP contribution in [-0.4, -0.2) is 26.4 Å². The van der Waals surface area contributed by atoms with Gasteiger partial charge in [0.1, 0.15) is 0 Å². The lowest BCUT2D eigenvalue weighted by Gasteiger charge is -2.29. The zero-order valence-electron chi connectivity index (χ0n) is 15.6. The first-order chi connectivity index (χ1) is 12.3. The molecule has 0 radical (unpaired) electrons. The monoisotopic (exact) mass is 370 g/mol. The van der Waals surface area contributed by atoms with Crippen molar-refractivity contribution in [1.29, 1.82) is 0 Å². The summed E-state index contributed by atoms with van der Waals surface area (Å²) >= 11 is 0. The third kappa shape index (κ3) is 4.52. The summed E-state index contributed by atoms with van der Waals surface area (Å²) in [6.07, 6.45) is 0.883. The topological polar surface area (TPSA) is 49.4 Å². The predicted molar refractivity (Wildman–Crippen MR) is 108 cm³/mol. The van der Waals surface area contributed by atoms with Crippen molar-refractivity contribution in [2.45, 2.75) is 44.2 Å². The van der Waals surface area contributed by atoms with E-state index in [1.54, 1.807) is 0 Å². The molecule has 1 N–H and O–H groups in total. The normalized spacial score (nSPS) is 15.3. The van der Waals surface area contributed by atoms with Crippen molar-refractivity contribution in [3.8, 4) is 0 Å². The highest BCUT2D eigenvalue weighted by molar-refractivity contribution is 7.85. The molecule has 0 saturated carbocycles. The molecule has 0 aliphatic carbocycles. The number of nitrogens with zero attached hydrogens (tertiary/aromatic N) is 1. The Kier molecular flexibility index (Phi) is 5.47. The highest BCUT2D eigenvalue weighted by Gasteiger charge is 2.21. The van der Waals surface area contributed by atoms with E-state index in [0.29, 0.717) is 12.3 Å². The number of anilines is 1. The number of hydrogen-bond donors (Lipinski definition) is 1. The van der Waals surface area contributed by atoms with Gasteiger partial charge in [-0.25, -0.2) is 4.79 Å². The lowest BCUT2D eigenvalue weighted by Crippen LogP contribution is -2.38. The summed E-state index contributed by atoms with van der Waals surface area (Å²) in [6, 6.07) is 15.8. The molecule has 0 saturated heterocycles. The third-order valence-electron chi connectivity index (χ3n) is 4.58. The van der Waals surface area contributed by atoms with Crippen LogP contribution in [0.1, 0.15) is 37.5 Å². The molecule has 3 rings (SSSR count). The molecule has 1 aliphatic rings. The van der Waals surface area contributed by atoms with Crippen LogP contribution < -0.4 is 5.32 Å². The molecular weight excluding hydrogens is 344 g/mol. The molecule has 138 valence electrons. The van der Waals surface area contributed by atoms with Gasteiger partial charge in [-0.3, -0.25) is 4.21 Å². The molecule has 1 atom stereocenters. The molecular formula is C21H26N2O2S. The van der Waals surface area contributed by atoms with Crippen molar-refractivity contribution >= 4 is 22.5 Å². The summed E-state index contributed by atoms with van der Waals surface area (Å²) in [5.41, 5.74) is 4.25. The predicted octanol–water partition coefficient (Wildman–Crippen LogP) is 4.32. The first-order valence-electron chi connectivity index (χ1n) is 8.93. The zero-order valence-corrected chi connectivity index (χ0v) is 16.4. The van der Waals surface area contributed by atoms with E-state index in [1.807, 2.05) is 62.1 Å². The molecule has 2 aromatic carbocycles. The van der Waals surface area contributed by atoms with Crippen molar-refractivity contribution in [1.82, 2.24) is 4.90 Å². The minimum atomic E-state index is -0.962. The molecule has 2 aromatic rings. The molecule has 4 nitrogen and oxygen atoms in total. The molecule has 0 fully saturated rings. The summed E-state index contributed by atoms with van der Waals surface area (Å²) in [5, 5.41) is 2.98. The molecule has 2 amide bonds. The van der Waals surface area contributed by atoms with Crippen LogP contribution in [0.2, 0.25) is 0 Å². The van der Waals surface area contributed by atoms with E-state index in [2.05, 4.69) is 17.4 Å². The fraction of sp³-hybridized carbons (Fsp3) is 0.381. The van der Waals surface area contributed by atoms with E-state index < -0.39 is 10.8 Å². The lowest BCUT2D eigenvalue weighted by atomic mass is 10.0. The van der Waals surface area contributed by atoms with Crippen LogP contribution in [0.15, 0.2) is 48.5 Å². The van der Waals surface area contributed by atoms with Crippen LogP contribution in [0.25, 0.3) is 0 Å². The van der Waals surface area contributed by atoms with E-state index in [-0.39, 0.29) is 10.8 Å². The van der Waals surface area contributed by atoms with Crippen LogP contribution in [-0.2, 0) is 29.5 Å². The maximum atomic E-state index is 12.6. The van der Waals surface area contributed by atoms with Gasteiger partial charge >= 0.3 is 6.03 Å². The van der Waals surface area contributed by atoms with Gasteiger partial charge in [-0.1, -0.05) is 36.4 Å². The number of rotatable bonds is 3. The Morgan fingerprint density at radius 1 is 1.12 bits per heavy atom. The zero-order chi connectivity index (χ0) is 18.7. The lowest BCUT2D eigenvalue weighted by molar-refractivity contribution is 0.206. The Labute approximate surface area is 158 Å². The molecule has 0 aromatic heterocycles. The van der Waals surface area contributed by atoms with Gasteiger partial charge in [0.15, 0.2) is 0 Å². The van der Waals surface area contributed by atoms with Gasteiger partial charge in [0.2, 0.25) is 0 Å². The first kappa shape index (κ1) is 18.6. The maximum Gasteiger partial charge on any atom is 0.322 e. The number of urea groups is 1. The Balaban J connectivity index is 1.65. The first-order valence-corrected chi connectivity index (χ1v) is 10.2. The standard InChI is InChI=1S/C21H26N2O2S/c1-21(2,3)26(25)15-16-7-6-10-19(13-16)22-20(24)23-12-11-17-8-4-5-9-18(17)14-23/h4-10,13H,11-12,14-15H2,1-3H3,(H,22,24)/t26-/m0/s1. The van der Waals surface area contributed by atoms with Gasteiger partial charge < -0.3 is 10.2 Å². The van der Waals surface area contributed by atoms with Crippen LogP contribution >= 0.6 is 0 Å². The second kappa shape index (κ2) is 7.62. The van der Waals surface area contributed by atoms with Gasteiger partial charge in [0.25, 0.3) is 0 Å². The molecule has 0 bridgehead atoms. The number of benzene rings is 2. The minimum absolute atomic E-state index is 0.0893. The Hall–Kier alpha value is -2.14. The summed E-state index contributed by atoms with van der Waals surface area (Å²) in [4.78, 5) is 14.5. The smallest absolute Gasteiger partial charge is 0.320 e.